The highest BCUT2D eigenvalue weighted by Gasteiger charge is 2.21. The SMILES string of the molecule is Cc1cc(C)c(OCC2CCN(CC(=O)O)CC2)c(C)c1. The van der Waals surface area contributed by atoms with Gasteiger partial charge < -0.3 is 9.84 Å². The number of carboxylic acids is 1. The Morgan fingerprint density at radius 2 is 1.81 bits per heavy atom. The van der Waals surface area contributed by atoms with Crippen molar-refractivity contribution in [2.24, 2.45) is 5.92 Å². The summed E-state index contributed by atoms with van der Waals surface area (Å²) in [6.07, 6.45) is 2.02. The van der Waals surface area contributed by atoms with Crippen LogP contribution in [0.5, 0.6) is 5.75 Å². The Hall–Kier alpha value is -1.55. The third-order valence-corrected chi connectivity index (χ3v) is 4.13. The molecule has 4 nitrogen and oxygen atoms in total. The molecule has 0 atom stereocenters. The van der Waals surface area contributed by atoms with Crippen molar-refractivity contribution in [3.8, 4) is 5.75 Å². The van der Waals surface area contributed by atoms with Gasteiger partial charge in [-0.1, -0.05) is 17.7 Å². The molecule has 1 fully saturated rings. The summed E-state index contributed by atoms with van der Waals surface area (Å²) in [5, 5.41) is 8.80. The molecule has 0 amide bonds. The summed E-state index contributed by atoms with van der Waals surface area (Å²) in [4.78, 5) is 12.7. The molecule has 0 aromatic heterocycles. The molecule has 1 saturated heterocycles. The summed E-state index contributed by atoms with van der Waals surface area (Å²) < 4.78 is 6.04. The van der Waals surface area contributed by atoms with E-state index < -0.39 is 5.97 Å². The van der Waals surface area contributed by atoms with E-state index in [1.807, 2.05) is 4.90 Å². The number of rotatable bonds is 5. The maximum absolute atomic E-state index is 10.7. The van der Waals surface area contributed by atoms with Crippen molar-refractivity contribution in [1.29, 1.82) is 0 Å². The average molecular weight is 291 g/mol. The summed E-state index contributed by atoms with van der Waals surface area (Å²) in [5.74, 6) is 0.791. The Kier molecular flexibility index (Phi) is 5.23. The van der Waals surface area contributed by atoms with Crippen molar-refractivity contribution in [1.82, 2.24) is 4.90 Å². The normalized spacial score (nSPS) is 16.9. The second-order valence-corrected chi connectivity index (χ2v) is 6.15. The van der Waals surface area contributed by atoms with E-state index in [0.717, 1.165) is 38.3 Å². The number of hydrogen-bond acceptors (Lipinski definition) is 3. The minimum Gasteiger partial charge on any atom is -0.493 e. The molecule has 1 aromatic rings. The minimum absolute atomic E-state index is 0.157. The number of ether oxygens (including phenoxy) is 1. The first-order valence-electron chi connectivity index (χ1n) is 7.60. The highest BCUT2D eigenvalue weighted by atomic mass is 16.5. The monoisotopic (exact) mass is 291 g/mol. The topological polar surface area (TPSA) is 49.8 Å². The molecule has 0 unspecified atom stereocenters. The van der Waals surface area contributed by atoms with Gasteiger partial charge in [-0.25, -0.2) is 0 Å². The third kappa shape index (κ3) is 4.46. The Labute approximate surface area is 126 Å². The van der Waals surface area contributed by atoms with Crippen molar-refractivity contribution in [3.05, 3.63) is 28.8 Å². The third-order valence-electron chi connectivity index (χ3n) is 4.13. The number of nitrogens with zero attached hydrogens (tertiary/aromatic N) is 1. The highest BCUT2D eigenvalue weighted by Crippen LogP contribution is 2.26. The number of piperidine rings is 1. The van der Waals surface area contributed by atoms with Crippen LogP contribution in [0.1, 0.15) is 29.5 Å². The van der Waals surface area contributed by atoms with E-state index >= 15 is 0 Å². The zero-order valence-corrected chi connectivity index (χ0v) is 13.2. The molecule has 0 radical (unpaired) electrons. The Bertz CT molecular complexity index is 482. The van der Waals surface area contributed by atoms with Gasteiger partial charge in [-0.2, -0.15) is 0 Å². The summed E-state index contributed by atoms with van der Waals surface area (Å²) in [5.41, 5.74) is 3.64. The number of benzene rings is 1. The first-order valence-corrected chi connectivity index (χ1v) is 7.60. The molecule has 1 aliphatic rings. The maximum Gasteiger partial charge on any atom is 0.317 e. The van der Waals surface area contributed by atoms with Crippen molar-refractivity contribution in [2.75, 3.05) is 26.2 Å². The van der Waals surface area contributed by atoms with Gasteiger partial charge in [0.1, 0.15) is 5.75 Å². The van der Waals surface area contributed by atoms with Crippen LogP contribution < -0.4 is 4.74 Å². The van der Waals surface area contributed by atoms with E-state index in [1.165, 1.54) is 16.7 Å². The molecule has 116 valence electrons. The molecule has 1 heterocycles. The van der Waals surface area contributed by atoms with Crippen molar-refractivity contribution in [3.63, 3.8) is 0 Å². The Morgan fingerprint density at radius 1 is 1.24 bits per heavy atom. The zero-order valence-electron chi connectivity index (χ0n) is 13.2. The molecule has 21 heavy (non-hydrogen) atoms. The van der Waals surface area contributed by atoms with Crippen molar-refractivity contribution >= 4 is 5.97 Å². The van der Waals surface area contributed by atoms with Gasteiger partial charge >= 0.3 is 5.97 Å². The Balaban J connectivity index is 1.84. The van der Waals surface area contributed by atoms with E-state index in [4.69, 9.17) is 9.84 Å². The molecule has 0 spiro atoms. The number of hydrogen-bond donors (Lipinski definition) is 1. The van der Waals surface area contributed by atoms with Crippen molar-refractivity contribution in [2.45, 2.75) is 33.6 Å². The maximum atomic E-state index is 10.7. The first kappa shape index (κ1) is 15.8. The van der Waals surface area contributed by atoms with Crippen LogP contribution in [-0.4, -0.2) is 42.2 Å². The number of carbonyl (C=O) groups is 1. The fourth-order valence-electron chi connectivity index (χ4n) is 3.10. The van der Waals surface area contributed by atoms with E-state index in [9.17, 15) is 4.79 Å². The zero-order chi connectivity index (χ0) is 15.4. The molecule has 0 bridgehead atoms. The van der Waals surface area contributed by atoms with Gasteiger partial charge in [0.25, 0.3) is 0 Å². The first-order chi connectivity index (χ1) is 9.95. The van der Waals surface area contributed by atoms with E-state index in [0.29, 0.717) is 5.92 Å². The van der Waals surface area contributed by atoms with Gasteiger partial charge in [0.15, 0.2) is 0 Å². The summed E-state index contributed by atoms with van der Waals surface area (Å²) in [6.45, 7) is 8.87. The van der Waals surface area contributed by atoms with Gasteiger partial charge in [0.2, 0.25) is 0 Å². The average Bonchev–Trinajstić information content (AvgIpc) is 2.38. The molecule has 4 heteroatoms. The van der Waals surface area contributed by atoms with Gasteiger partial charge in [-0.05, 0) is 63.7 Å². The van der Waals surface area contributed by atoms with Gasteiger partial charge in [0, 0.05) is 0 Å². The number of carboxylic acid groups (broad SMARTS) is 1. The van der Waals surface area contributed by atoms with Crippen LogP contribution in [-0.2, 0) is 4.79 Å². The van der Waals surface area contributed by atoms with Crippen LogP contribution in [0.4, 0.5) is 0 Å². The van der Waals surface area contributed by atoms with Gasteiger partial charge in [0.05, 0.1) is 13.2 Å². The number of likely N-dealkylation sites (tertiary alicyclic amines) is 1. The molecule has 0 saturated carbocycles. The van der Waals surface area contributed by atoms with Gasteiger partial charge in [-0.15, -0.1) is 0 Å². The fourth-order valence-corrected chi connectivity index (χ4v) is 3.10. The number of aliphatic carboxylic acids is 1. The predicted molar refractivity (Wildman–Crippen MR) is 82.9 cm³/mol. The van der Waals surface area contributed by atoms with Gasteiger partial charge in [-0.3, -0.25) is 9.69 Å². The van der Waals surface area contributed by atoms with Crippen LogP contribution in [0.3, 0.4) is 0 Å². The highest BCUT2D eigenvalue weighted by molar-refractivity contribution is 5.69. The Morgan fingerprint density at radius 3 is 2.33 bits per heavy atom. The van der Waals surface area contributed by atoms with Crippen LogP contribution in [0, 0.1) is 26.7 Å². The molecule has 1 aromatic carbocycles. The second kappa shape index (κ2) is 6.94. The fraction of sp³-hybridized carbons (Fsp3) is 0.588. The molecule has 1 aliphatic heterocycles. The minimum atomic E-state index is -0.740. The quantitative estimate of drug-likeness (QED) is 0.906. The smallest absolute Gasteiger partial charge is 0.317 e. The summed E-state index contributed by atoms with van der Waals surface area (Å²) in [7, 11) is 0. The molecular weight excluding hydrogens is 266 g/mol. The predicted octanol–water partition coefficient (Wildman–Crippen LogP) is 2.79. The standard InChI is InChI=1S/C17H25NO3/c1-12-8-13(2)17(14(3)9-12)21-11-15-4-6-18(7-5-15)10-16(19)20/h8-9,15H,4-7,10-11H2,1-3H3,(H,19,20). The molecular formula is C17H25NO3. The van der Waals surface area contributed by atoms with Crippen LogP contribution in [0.15, 0.2) is 12.1 Å². The van der Waals surface area contributed by atoms with Crippen LogP contribution >= 0.6 is 0 Å². The second-order valence-electron chi connectivity index (χ2n) is 6.15. The van der Waals surface area contributed by atoms with Crippen molar-refractivity contribution < 1.29 is 14.6 Å². The lowest BCUT2D eigenvalue weighted by Crippen LogP contribution is -2.38. The van der Waals surface area contributed by atoms with E-state index in [2.05, 4.69) is 32.9 Å². The van der Waals surface area contributed by atoms with E-state index in [1.54, 1.807) is 0 Å². The molecule has 0 aliphatic carbocycles. The summed E-state index contributed by atoms with van der Waals surface area (Å²) >= 11 is 0. The number of aryl methyl sites for hydroxylation is 3. The van der Waals surface area contributed by atoms with E-state index in [-0.39, 0.29) is 6.54 Å². The molecule has 1 N–H and O–H groups in total. The lowest BCUT2D eigenvalue weighted by atomic mass is 9.97. The lowest BCUT2D eigenvalue weighted by molar-refractivity contribution is -0.138. The summed E-state index contributed by atoms with van der Waals surface area (Å²) in [6, 6.07) is 4.30. The largest absolute Gasteiger partial charge is 0.493 e. The van der Waals surface area contributed by atoms with Crippen LogP contribution in [0.2, 0.25) is 0 Å². The van der Waals surface area contributed by atoms with Crippen LogP contribution in [0.25, 0.3) is 0 Å². The lowest BCUT2D eigenvalue weighted by Gasteiger charge is -2.30. The molecule has 2 rings (SSSR count).